The average Bonchev–Trinajstić information content (AvgIpc) is 2.71. The van der Waals surface area contributed by atoms with Crippen molar-refractivity contribution in [3.63, 3.8) is 0 Å². The molecule has 0 fully saturated rings. The predicted octanol–water partition coefficient (Wildman–Crippen LogP) is 1.87. The van der Waals surface area contributed by atoms with E-state index in [1.54, 1.807) is 0 Å². The third-order valence-corrected chi connectivity index (χ3v) is 4.11. The molecule has 0 amide bonds. The summed E-state index contributed by atoms with van der Waals surface area (Å²) in [5.74, 6) is 1.27. The van der Waals surface area contributed by atoms with E-state index in [2.05, 4.69) is 19.9 Å². The van der Waals surface area contributed by atoms with Crippen LogP contribution in [0.1, 0.15) is 5.82 Å². The van der Waals surface area contributed by atoms with Crippen molar-refractivity contribution in [1.82, 2.24) is 24.5 Å². The summed E-state index contributed by atoms with van der Waals surface area (Å²) in [5.41, 5.74) is 13.0. The van der Waals surface area contributed by atoms with Gasteiger partial charge in [-0.2, -0.15) is 15.0 Å². The maximum atomic E-state index is 5.98. The van der Waals surface area contributed by atoms with Crippen molar-refractivity contribution < 1.29 is 0 Å². The fourth-order valence-corrected chi connectivity index (χ4v) is 2.94. The van der Waals surface area contributed by atoms with E-state index >= 15 is 0 Å². The lowest BCUT2D eigenvalue weighted by atomic mass is 10.3. The SMILES string of the molecule is Cn1c(SCc2nc(N)nc(N)n2)nc2cc(Cl)ccc21. The van der Waals surface area contributed by atoms with Gasteiger partial charge in [-0.1, -0.05) is 23.4 Å². The molecule has 0 saturated heterocycles. The van der Waals surface area contributed by atoms with Crippen molar-refractivity contribution in [3.8, 4) is 0 Å². The van der Waals surface area contributed by atoms with Gasteiger partial charge in [-0.05, 0) is 18.2 Å². The standard InChI is InChI=1S/C12H12ClN7S/c1-20-8-3-2-6(13)4-7(8)16-12(20)21-5-9-17-10(14)19-11(15)18-9/h2-4H,5H2,1H3,(H4,14,15,17,18,19). The van der Waals surface area contributed by atoms with Gasteiger partial charge in [-0.3, -0.25) is 0 Å². The number of fused-ring (bicyclic) bond motifs is 1. The van der Waals surface area contributed by atoms with Gasteiger partial charge in [0.1, 0.15) is 5.82 Å². The van der Waals surface area contributed by atoms with Gasteiger partial charge in [-0.25, -0.2) is 4.98 Å². The van der Waals surface area contributed by atoms with E-state index in [1.807, 2.05) is 29.8 Å². The molecule has 0 unspecified atom stereocenters. The topological polar surface area (TPSA) is 109 Å². The molecule has 0 radical (unpaired) electrons. The molecule has 3 aromatic rings. The zero-order chi connectivity index (χ0) is 15.0. The van der Waals surface area contributed by atoms with Crippen LogP contribution in [0.5, 0.6) is 0 Å². The summed E-state index contributed by atoms with van der Waals surface area (Å²) in [5, 5.41) is 1.50. The summed E-state index contributed by atoms with van der Waals surface area (Å²) in [7, 11) is 1.95. The Bertz CT molecular complexity index is 796. The van der Waals surface area contributed by atoms with Crippen LogP contribution in [0.2, 0.25) is 5.02 Å². The second-order valence-corrected chi connectivity index (χ2v) is 5.72. The van der Waals surface area contributed by atoms with Crippen LogP contribution in [-0.2, 0) is 12.8 Å². The first-order chi connectivity index (χ1) is 10.0. The summed E-state index contributed by atoms with van der Waals surface area (Å²) < 4.78 is 1.99. The highest BCUT2D eigenvalue weighted by molar-refractivity contribution is 7.98. The predicted molar refractivity (Wildman–Crippen MR) is 83.9 cm³/mol. The Balaban J connectivity index is 1.86. The van der Waals surface area contributed by atoms with E-state index in [1.165, 1.54) is 11.8 Å². The van der Waals surface area contributed by atoms with Crippen LogP contribution in [0.3, 0.4) is 0 Å². The minimum Gasteiger partial charge on any atom is -0.368 e. The van der Waals surface area contributed by atoms with Gasteiger partial charge in [-0.15, -0.1) is 0 Å². The van der Waals surface area contributed by atoms with Gasteiger partial charge in [0.05, 0.1) is 16.8 Å². The van der Waals surface area contributed by atoms with Gasteiger partial charge in [0.25, 0.3) is 0 Å². The van der Waals surface area contributed by atoms with Crippen LogP contribution >= 0.6 is 23.4 Å². The molecule has 0 saturated carbocycles. The van der Waals surface area contributed by atoms with Crippen LogP contribution in [0.4, 0.5) is 11.9 Å². The van der Waals surface area contributed by atoms with Gasteiger partial charge >= 0.3 is 0 Å². The molecule has 0 aliphatic rings. The van der Waals surface area contributed by atoms with Crippen molar-refractivity contribution in [2.45, 2.75) is 10.9 Å². The van der Waals surface area contributed by atoms with Gasteiger partial charge in [0.2, 0.25) is 11.9 Å². The van der Waals surface area contributed by atoms with Crippen LogP contribution in [-0.4, -0.2) is 24.5 Å². The lowest BCUT2D eigenvalue weighted by Gasteiger charge is -2.03. The molecule has 0 aliphatic heterocycles. The summed E-state index contributed by atoms with van der Waals surface area (Å²) in [4.78, 5) is 16.4. The summed E-state index contributed by atoms with van der Waals surface area (Å²) in [6.07, 6.45) is 0. The largest absolute Gasteiger partial charge is 0.368 e. The van der Waals surface area contributed by atoms with Gasteiger partial charge in [0.15, 0.2) is 5.16 Å². The lowest BCUT2D eigenvalue weighted by Crippen LogP contribution is -2.06. The molecule has 0 spiro atoms. The minimum atomic E-state index is 0.120. The van der Waals surface area contributed by atoms with Crippen molar-refractivity contribution in [2.75, 3.05) is 11.5 Å². The molecule has 2 aromatic heterocycles. The Labute approximate surface area is 129 Å². The highest BCUT2D eigenvalue weighted by atomic mass is 35.5. The van der Waals surface area contributed by atoms with E-state index in [9.17, 15) is 0 Å². The van der Waals surface area contributed by atoms with E-state index in [-0.39, 0.29) is 11.9 Å². The van der Waals surface area contributed by atoms with Gasteiger partial charge < -0.3 is 16.0 Å². The molecule has 0 bridgehead atoms. The monoisotopic (exact) mass is 321 g/mol. The number of aromatic nitrogens is 5. The molecule has 21 heavy (non-hydrogen) atoms. The Hall–Kier alpha value is -2.06. The number of halogens is 1. The van der Waals surface area contributed by atoms with E-state index in [0.29, 0.717) is 16.6 Å². The fraction of sp³-hybridized carbons (Fsp3) is 0.167. The van der Waals surface area contributed by atoms with Gasteiger partial charge in [0, 0.05) is 12.1 Å². The van der Waals surface area contributed by atoms with Crippen molar-refractivity contribution in [1.29, 1.82) is 0 Å². The first kappa shape index (κ1) is 13.9. The fourth-order valence-electron chi connectivity index (χ4n) is 1.93. The number of imidazole rings is 1. The molecule has 1 aromatic carbocycles. The molecule has 9 heteroatoms. The third-order valence-electron chi connectivity index (χ3n) is 2.85. The van der Waals surface area contributed by atoms with Crippen LogP contribution in [0, 0.1) is 0 Å². The smallest absolute Gasteiger partial charge is 0.225 e. The highest BCUT2D eigenvalue weighted by Crippen LogP contribution is 2.26. The molecular formula is C12H12ClN7S. The molecule has 108 valence electrons. The summed E-state index contributed by atoms with van der Waals surface area (Å²) in [6.45, 7) is 0. The molecule has 2 heterocycles. The van der Waals surface area contributed by atoms with Crippen molar-refractivity contribution >= 4 is 46.3 Å². The van der Waals surface area contributed by atoms with Crippen molar-refractivity contribution in [2.24, 2.45) is 7.05 Å². The quantitative estimate of drug-likeness (QED) is 0.709. The summed E-state index contributed by atoms with van der Waals surface area (Å²) >= 11 is 7.47. The van der Waals surface area contributed by atoms with Crippen molar-refractivity contribution in [3.05, 3.63) is 29.0 Å². The second-order valence-electron chi connectivity index (χ2n) is 4.34. The Morgan fingerprint density at radius 1 is 1.14 bits per heavy atom. The number of nitrogen functional groups attached to an aromatic ring is 2. The first-order valence-corrected chi connectivity index (χ1v) is 7.40. The van der Waals surface area contributed by atoms with E-state index in [4.69, 9.17) is 23.1 Å². The van der Waals surface area contributed by atoms with E-state index in [0.717, 1.165) is 16.2 Å². The molecule has 4 N–H and O–H groups in total. The third kappa shape index (κ3) is 2.86. The number of aryl methyl sites for hydroxylation is 1. The number of nitrogens with two attached hydrogens (primary N) is 2. The number of anilines is 2. The number of nitrogens with zero attached hydrogens (tertiary/aromatic N) is 5. The molecule has 0 aliphatic carbocycles. The van der Waals surface area contributed by atoms with Crippen LogP contribution in [0.25, 0.3) is 11.0 Å². The number of benzene rings is 1. The molecule has 0 atom stereocenters. The number of hydrogen-bond donors (Lipinski definition) is 2. The van der Waals surface area contributed by atoms with Crippen LogP contribution in [0.15, 0.2) is 23.4 Å². The molecule has 3 rings (SSSR count). The maximum Gasteiger partial charge on any atom is 0.225 e. The lowest BCUT2D eigenvalue weighted by molar-refractivity contribution is 0.813. The first-order valence-electron chi connectivity index (χ1n) is 6.03. The molecule has 7 nitrogen and oxygen atoms in total. The normalized spacial score (nSPS) is 11.1. The van der Waals surface area contributed by atoms with Crippen LogP contribution < -0.4 is 11.5 Å². The average molecular weight is 322 g/mol. The second kappa shape index (κ2) is 5.38. The van der Waals surface area contributed by atoms with E-state index < -0.39 is 0 Å². The highest BCUT2D eigenvalue weighted by Gasteiger charge is 2.10. The Morgan fingerprint density at radius 3 is 2.57 bits per heavy atom. The summed E-state index contributed by atoms with van der Waals surface area (Å²) in [6, 6.07) is 5.61. The number of hydrogen-bond acceptors (Lipinski definition) is 7. The Kier molecular flexibility index (Phi) is 3.56. The maximum absolute atomic E-state index is 5.98. The minimum absolute atomic E-state index is 0.120. The molecular weight excluding hydrogens is 310 g/mol. The zero-order valence-electron chi connectivity index (χ0n) is 11.1. The Morgan fingerprint density at radius 2 is 1.86 bits per heavy atom. The number of thioether (sulfide) groups is 1. The number of rotatable bonds is 3. The zero-order valence-corrected chi connectivity index (χ0v) is 12.7.